The number of likely N-dealkylation sites (N-methyl/N-ethyl adjacent to an activating group) is 1. The Morgan fingerprint density at radius 2 is 2.00 bits per heavy atom. The summed E-state index contributed by atoms with van der Waals surface area (Å²) in [7, 11) is 2.13. The molecular weight excluding hydrogens is 304 g/mol. The molecule has 0 saturated carbocycles. The summed E-state index contributed by atoms with van der Waals surface area (Å²) in [6.07, 6.45) is 4.82. The molecule has 6 nitrogen and oxygen atoms in total. The van der Waals surface area contributed by atoms with Gasteiger partial charge in [-0.05, 0) is 45.5 Å². The molecule has 6 heteroatoms. The van der Waals surface area contributed by atoms with Gasteiger partial charge in [-0.15, -0.1) is 0 Å². The number of carbonyl (C=O) groups is 1. The number of piperazine rings is 1. The fourth-order valence-electron chi connectivity index (χ4n) is 2.50. The van der Waals surface area contributed by atoms with Crippen LogP contribution in [0.4, 0.5) is 5.82 Å². The lowest BCUT2D eigenvalue weighted by Gasteiger charge is -2.32. The highest BCUT2D eigenvalue weighted by Crippen LogP contribution is 2.16. The molecule has 0 bridgehead atoms. The van der Waals surface area contributed by atoms with Crippen LogP contribution in [0.2, 0.25) is 0 Å². The van der Waals surface area contributed by atoms with E-state index < -0.39 is 5.60 Å². The van der Waals surface area contributed by atoms with Gasteiger partial charge in [0.15, 0.2) is 0 Å². The van der Waals surface area contributed by atoms with Crippen LogP contribution in [0.25, 0.3) is 6.08 Å². The molecule has 1 aliphatic rings. The van der Waals surface area contributed by atoms with Gasteiger partial charge in [0.1, 0.15) is 11.4 Å². The van der Waals surface area contributed by atoms with Gasteiger partial charge in [-0.2, -0.15) is 0 Å². The van der Waals surface area contributed by atoms with Crippen molar-refractivity contribution in [2.75, 3.05) is 39.0 Å². The van der Waals surface area contributed by atoms with Crippen LogP contribution in [-0.2, 0) is 16.1 Å². The largest absolute Gasteiger partial charge is 0.457 e. The number of pyridine rings is 1. The number of anilines is 1. The van der Waals surface area contributed by atoms with E-state index in [0.717, 1.165) is 43.9 Å². The fraction of sp³-hybridized carbons (Fsp3) is 0.556. The summed E-state index contributed by atoms with van der Waals surface area (Å²) < 4.78 is 5.26. The third-order valence-electron chi connectivity index (χ3n) is 3.83. The quantitative estimate of drug-likeness (QED) is 0.669. The molecule has 0 amide bonds. The molecular formula is C18H28N4O2. The van der Waals surface area contributed by atoms with E-state index in [1.54, 1.807) is 12.3 Å². The first-order valence-corrected chi connectivity index (χ1v) is 8.29. The minimum atomic E-state index is -0.493. The predicted octanol–water partition coefficient (Wildman–Crippen LogP) is 1.77. The monoisotopic (exact) mass is 332 g/mol. The fourth-order valence-corrected chi connectivity index (χ4v) is 2.50. The lowest BCUT2D eigenvalue weighted by atomic mass is 10.1. The summed E-state index contributed by atoms with van der Waals surface area (Å²) in [6, 6.07) is 1.99. The first-order chi connectivity index (χ1) is 11.2. The van der Waals surface area contributed by atoms with Crippen LogP contribution in [0.15, 0.2) is 18.3 Å². The molecule has 2 heterocycles. The van der Waals surface area contributed by atoms with Crippen molar-refractivity contribution < 1.29 is 9.53 Å². The second-order valence-electron chi connectivity index (χ2n) is 7.26. The average Bonchev–Trinajstić information content (AvgIpc) is 2.48. The summed E-state index contributed by atoms with van der Waals surface area (Å²) in [5.41, 5.74) is 7.35. The highest BCUT2D eigenvalue weighted by Gasteiger charge is 2.16. The van der Waals surface area contributed by atoms with E-state index in [-0.39, 0.29) is 5.97 Å². The first-order valence-electron chi connectivity index (χ1n) is 8.29. The van der Waals surface area contributed by atoms with Crippen molar-refractivity contribution in [3.05, 3.63) is 29.5 Å². The van der Waals surface area contributed by atoms with Crippen LogP contribution >= 0.6 is 0 Å². The summed E-state index contributed by atoms with van der Waals surface area (Å²) in [5.74, 6) is 0.184. The minimum absolute atomic E-state index is 0.361. The van der Waals surface area contributed by atoms with Crippen LogP contribution in [0.1, 0.15) is 31.9 Å². The number of carbonyl (C=O) groups excluding carboxylic acids is 1. The molecule has 1 aliphatic heterocycles. The maximum absolute atomic E-state index is 11.8. The van der Waals surface area contributed by atoms with Gasteiger partial charge in [0.05, 0.1) is 0 Å². The maximum Gasteiger partial charge on any atom is 0.331 e. The third-order valence-corrected chi connectivity index (χ3v) is 3.83. The number of esters is 1. The SMILES string of the molecule is CN1CCN(Cc2cc(C=CC(=O)OC(C)(C)C)cnc2N)CC1. The topological polar surface area (TPSA) is 71.7 Å². The highest BCUT2D eigenvalue weighted by atomic mass is 16.6. The Morgan fingerprint density at radius 3 is 2.62 bits per heavy atom. The standard InChI is InChI=1S/C18H28N4O2/c1-18(2,3)24-16(23)6-5-14-11-15(17(19)20-12-14)13-22-9-7-21(4)8-10-22/h5-6,11-12H,7-10,13H2,1-4H3,(H2,19,20). The van der Waals surface area contributed by atoms with Crippen LogP contribution in [0.3, 0.4) is 0 Å². The lowest BCUT2D eigenvalue weighted by molar-refractivity contribution is -0.148. The van der Waals surface area contributed by atoms with Crippen molar-refractivity contribution >= 4 is 17.9 Å². The Kier molecular flexibility index (Phi) is 5.96. The maximum atomic E-state index is 11.8. The van der Waals surface area contributed by atoms with Crippen molar-refractivity contribution in [3.8, 4) is 0 Å². The number of nitrogens with two attached hydrogens (primary N) is 1. The van der Waals surface area contributed by atoms with E-state index in [9.17, 15) is 4.79 Å². The van der Waals surface area contributed by atoms with Gasteiger partial charge in [0, 0.05) is 50.6 Å². The molecule has 1 saturated heterocycles. The molecule has 132 valence electrons. The molecule has 0 aromatic carbocycles. The van der Waals surface area contributed by atoms with Gasteiger partial charge in [0.2, 0.25) is 0 Å². The Hall–Kier alpha value is -1.92. The van der Waals surface area contributed by atoms with Crippen LogP contribution in [0.5, 0.6) is 0 Å². The highest BCUT2D eigenvalue weighted by molar-refractivity contribution is 5.87. The van der Waals surface area contributed by atoms with E-state index in [2.05, 4.69) is 21.8 Å². The van der Waals surface area contributed by atoms with E-state index in [4.69, 9.17) is 10.5 Å². The van der Waals surface area contributed by atoms with Crippen molar-refractivity contribution in [1.29, 1.82) is 0 Å². The van der Waals surface area contributed by atoms with Gasteiger partial charge in [-0.25, -0.2) is 9.78 Å². The minimum Gasteiger partial charge on any atom is -0.457 e. The smallest absolute Gasteiger partial charge is 0.331 e. The molecule has 0 aliphatic carbocycles. The Morgan fingerprint density at radius 1 is 1.33 bits per heavy atom. The summed E-state index contributed by atoms with van der Waals surface area (Å²) >= 11 is 0. The molecule has 0 unspecified atom stereocenters. The van der Waals surface area contributed by atoms with Crippen molar-refractivity contribution in [1.82, 2.24) is 14.8 Å². The summed E-state index contributed by atoms with van der Waals surface area (Å²) in [5, 5.41) is 0. The van der Waals surface area contributed by atoms with E-state index >= 15 is 0 Å². The molecule has 1 aromatic rings. The first kappa shape index (κ1) is 18.4. The molecule has 0 atom stereocenters. The van der Waals surface area contributed by atoms with Gasteiger partial charge < -0.3 is 15.4 Å². The van der Waals surface area contributed by atoms with Crippen LogP contribution in [-0.4, -0.2) is 59.6 Å². The lowest BCUT2D eigenvalue weighted by Crippen LogP contribution is -2.44. The van der Waals surface area contributed by atoms with Gasteiger partial charge in [-0.1, -0.05) is 0 Å². The number of rotatable bonds is 4. The second kappa shape index (κ2) is 7.77. The molecule has 2 N–H and O–H groups in total. The number of aromatic nitrogens is 1. The van der Waals surface area contributed by atoms with Crippen molar-refractivity contribution in [3.63, 3.8) is 0 Å². The van der Waals surface area contributed by atoms with E-state index in [0.29, 0.717) is 5.82 Å². The molecule has 1 fully saturated rings. The number of nitrogen functional groups attached to an aromatic ring is 1. The Balaban J connectivity index is 2.01. The number of ether oxygens (including phenoxy) is 1. The molecule has 0 spiro atoms. The summed E-state index contributed by atoms with van der Waals surface area (Å²) in [6.45, 7) is 10.5. The van der Waals surface area contributed by atoms with E-state index in [1.165, 1.54) is 6.08 Å². The number of hydrogen-bond donors (Lipinski definition) is 1. The molecule has 1 aromatic heterocycles. The van der Waals surface area contributed by atoms with Crippen molar-refractivity contribution in [2.45, 2.75) is 32.9 Å². The molecule has 2 rings (SSSR count). The normalized spacial score (nSPS) is 17.3. The number of hydrogen-bond acceptors (Lipinski definition) is 6. The second-order valence-corrected chi connectivity index (χ2v) is 7.26. The average molecular weight is 332 g/mol. The molecule has 24 heavy (non-hydrogen) atoms. The van der Waals surface area contributed by atoms with Crippen LogP contribution in [0, 0.1) is 0 Å². The van der Waals surface area contributed by atoms with Crippen molar-refractivity contribution in [2.24, 2.45) is 0 Å². The third kappa shape index (κ3) is 5.94. The Bertz CT molecular complexity index is 600. The van der Waals surface area contributed by atoms with Gasteiger partial charge in [0.25, 0.3) is 0 Å². The summed E-state index contributed by atoms with van der Waals surface area (Å²) in [4.78, 5) is 20.7. The predicted molar refractivity (Wildman–Crippen MR) is 96.3 cm³/mol. The zero-order chi connectivity index (χ0) is 17.7. The number of nitrogens with zero attached hydrogens (tertiary/aromatic N) is 3. The van der Waals surface area contributed by atoms with Gasteiger partial charge in [-0.3, -0.25) is 4.90 Å². The zero-order valence-corrected chi connectivity index (χ0v) is 15.1. The van der Waals surface area contributed by atoms with Crippen LogP contribution < -0.4 is 5.73 Å². The Labute approximate surface area is 144 Å². The van der Waals surface area contributed by atoms with E-state index in [1.807, 2.05) is 26.8 Å². The zero-order valence-electron chi connectivity index (χ0n) is 15.1. The molecule has 0 radical (unpaired) electrons. The van der Waals surface area contributed by atoms with Gasteiger partial charge >= 0.3 is 5.97 Å².